The summed E-state index contributed by atoms with van der Waals surface area (Å²) in [5, 5.41) is 12.7. The Hall–Kier alpha value is -2.90. The summed E-state index contributed by atoms with van der Waals surface area (Å²) in [5.74, 6) is 1.44. The summed E-state index contributed by atoms with van der Waals surface area (Å²) < 4.78 is 20.4. The zero-order valence-electron chi connectivity index (χ0n) is 25.4. The van der Waals surface area contributed by atoms with Gasteiger partial charge in [-0.1, -0.05) is 32.0 Å². The number of carbonyl (C=O) groups excluding carboxylic acids is 1. The zero-order valence-corrected chi connectivity index (χ0v) is 26.3. The van der Waals surface area contributed by atoms with E-state index in [1.165, 1.54) is 0 Å². The maximum atomic E-state index is 13.8. The fourth-order valence-electron chi connectivity index (χ4n) is 4.82. The summed E-state index contributed by atoms with van der Waals surface area (Å²) in [7, 11) is -2.48. The summed E-state index contributed by atoms with van der Waals surface area (Å²) >= 11 is 0. The molecular formula is C30H45N6O3P. The number of amides is 1. The summed E-state index contributed by atoms with van der Waals surface area (Å²) in [5.41, 5.74) is 1.97. The lowest BCUT2D eigenvalue weighted by Gasteiger charge is -2.36. The lowest BCUT2D eigenvalue weighted by atomic mass is 9.91. The summed E-state index contributed by atoms with van der Waals surface area (Å²) in [6, 6.07) is 9.68. The Labute approximate surface area is 238 Å². The van der Waals surface area contributed by atoms with Crippen molar-refractivity contribution in [1.29, 1.82) is 0 Å². The van der Waals surface area contributed by atoms with E-state index in [0.29, 0.717) is 17.3 Å². The molecule has 0 spiro atoms. The molecule has 0 aliphatic carbocycles. The van der Waals surface area contributed by atoms with Gasteiger partial charge in [0.05, 0.1) is 12.7 Å². The van der Waals surface area contributed by atoms with Gasteiger partial charge in [-0.3, -0.25) is 4.90 Å². The van der Waals surface area contributed by atoms with Crippen molar-refractivity contribution < 1.29 is 14.1 Å². The molecule has 1 saturated heterocycles. The van der Waals surface area contributed by atoms with Gasteiger partial charge < -0.3 is 19.9 Å². The number of fused-ring (bicyclic) bond motifs is 1. The van der Waals surface area contributed by atoms with E-state index in [-0.39, 0.29) is 24.0 Å². The van der Waals surface area contributed by atoms with Gasteiger partial charge in [0.15, 0.2) is 5.65 Å². The van der Waals surface area contributed by atoms with Crippen molar-refractivity contribution in [2.75, 3.05) is 30.1 Å². The molecule has 0 saturated carbocycles. The number of piperidine rings is 1. The topological polar surface area (TPSA) is 101 Å². The lowest BCUT2D eigenvalue weighted by molar-refractivity contribution is 0.0575. The van der Waals surface area contributed by atoms with E-state index in [4.69, 9.17) is 9.72 Å². The minimum absolute atomic E-state index is 0.111. The van der Waals surface area contributed by atoms with Gasteiger partial charge >= 0.3 is 6.09 Å². The van der Waals surface area contributed by atoms with E-state index in [1.54, 1.807) is 22.7 Å². The van der Waals surface area contributed by atoms with E-state index in [0.717, 1.165) is 35.8 Å². The van der Waals surface area contributed by atoms with Crippen LogP contribution < -0.4 is 20.8 Å². The molecule has 3 aromatic rings. The van der Waals surface area contributed by atoms with E-state index in [1.807, 2.05) is 57.3 Å². The molecule has 0 unspecified atom stereocenters. The first-order chi connectivity index (χ1) is 18.5. The average Bonchev–Trinajstić information content (AvgIpc) is 3.26. The molecular weight excluding hydrogens is 523 g/mol. The maximum absolute atomic E-state index is 13.8. The molecule has 0 bridgehead atoms. The lowest BCUT2D eigenvalue weighted by Crippen LogP contribution is -2.50. The van der Waals surface area contributed by atoms with Gasteiger partial charge in [-0.25, -0.2) is 9.78 Å². The molecule has 40 heavy (non-hydrogen) atoms. The maximum Gasteiger partial charge on any atom is 0.416 e. The molecule has 1 aliphatic heterocycles. The highest BCUT2D eigenvalue weighted by molar-refractivity contribution is 7.70. The van der Waals surface area contributed by atoms with Crippen LogP contribution in [0.4, 0.5) is 16.4 Å². The van der Waals surface area contributed by atoms with Crippen LogP contribution in [0.15, 0.2) is 36.5 Å². The summed E-state index contributed by atoms with van der Waals surface area (Å²) in [6.45, 7) is 18.8. The third kappa shape index (κ3) is 7.24. The minimum Gasteiger partial charge on any atom is -0.443 e. The molecule has 1 amide bonds. The van der Waals surface area contributed by atoms with Gasteiger partial charge in [-0.05, 0) is 78.3 Å². The smallest absolute Gasteiger partial charge is 0.416 e. The molecule has 1 atom stereocenters. The van der Waals surface area contributed by atoms with Crippen LogP contribution in [0.2, 0.25) is 0 Å². The first-order valence-electron chi connectivity index (χ1n) is 14.1. The number of ether oxygens (including phenoxy) is 1. The van der Waals surface area contributed by atoms with E-state index in [9.17, 15) is 9.36 Å². The van der Waals surface area contributed by atoms with Crippen LogP contribution in [0.1, 0.15) is 78.4 Å². The third-order valence-corrected chi connectivity index (χ3v) is 8.68. The Morgan fingerprint density at radius 3 is 2.60 bits per heavy atom. The Balaban J connectivity index is 1.81. The van der Waals surface area contributed by atoms with Crippen molar-refractivity contribution in [2.24, 2.45) is 0 Å². The number of anilines is 2. The highest BCUT2D eigenvalue weighted by Crippen LogP contribution is 2.35. The second kappa shape index (κ2) is 11.2. The molecule has 1 aromatic carbocycles. The molecule has 3 heterocycles. The standard InChI is InChI=1S/C30H45N6O3P/c1-20(2)24-18-32-36-26(16-25(34-27(24)36)33-22-13-14-30(6,7)31-17-22)35(28(37)39-29(3,4)5)19-21-11-10-12-23(15-21)40(8,9)38/h10-12,15-16,18,20,22,31H,13-14,17,19H2,1-9H3,(H,33,34)/t22-/m0/s1. The molecule has 9 nitrogen and oxygen atoms in total. The first-order valence-corrected chi connectivity index (χ1v) is 16.7. The molecule has 0 radical (unpaired) electrons. The van der Waals surface area contributed by atoms with Crippen LogP contribution in [-0.4, -0.2) is 57.7 Å². The molecule has 4 rings (SSSR count). The van der Waals surface area contributed by atoms with Crippen LogP contribution in [-0.2, 0) is 15.8 Å². The minimum atomic E-state index is -2.48. The molecule has 2 N–H and O–H groups in total. The Bertz CT molecular complexity index is 1410. The van der Waals surface area contributed by atoms with E-state index >= 15 is 0 Å². The first kappa shape index (κ1) is 30.1. The van der Waals surface area contributed by atoms with Gasteiger partial charge in [-0.15, -0.1) is 0 Å². The number of nitrogens with zero attached hydrogens (tertiary/aromatic N) is 4. The number of nitrogens with one attached hydrogen (secondary N) is 2. The van der Waals surface area contributed by atoms with Gasteiger partial charge in [0.2, 0.25) is 0 Å². The molecule has 1 aliphatic rings. The SMILES string of the molecule is CC(C)c1cnn2c(N(Cc3cccc(P(C)(C)=O)c3)C(=O)OC(C)(C)C)cc(N[C@H]3CCC(C)(C)NC3)nc12. The number of hydrogen-bond acceptors (Lipinski definition) is 7. The van der Waals surface area contributed by atoms with Crippen LogP contribution in [0.5, 0.6) is 0 Å². The normalized spacial score (nSPS) is 17.7. The predicted molar refractivity (Wildman–Crippen MR) is 164 cm³/mol. The summed E-state index contributed by atoms with van der Waals surface area (Å²) in [4.78, 5) is 20.3. The quantitative estimate of drug-likeness (QED) is 0.338. The van der Waals surface area contributed by atoms with Gasteiger partial charge in [0, 0.05) is 35.1 Å². The summed E-state index contributed by atoms with van der Waals surface area (Å²) in [6.07, 6.45) is 3.39. The number of benzene rings is 1. The number of carbonyl (C=O) groups is 1. The predicted octanol–water partition coefficient (Wildman–Crippen LogP) is 5.98. The Morgan fingerprint density at radius 1 is 1.27 bits per heavy atom. The fourth-order valence-corrected chi connectivity index (χ4v) is 5.75. The van der Waals surface area contributed by atoms with E-state index in [2.05, 4.69) is 43.4 Å². The average molecular weight is 569 g/mol. The van der Waals surface area contributed by atoms with Crippen molar-refractivity contribution >= 4 is 35.8 Å². The van der Waals surface area contributed by atoms with Crippen LogP contribution in [0.3, 0.4) is 0 Å². The van der Waals surface area contributed by atoms with Crippen molar-refractivity contribution in [3.05, 3.63) is 47.7 Å². The van der Waals surface area contributed by atoms with Gasteiger partial charge in [-0.2, -0.15) is 9.61 Å². The second-order valence-electron chi connectivity index (χ2n) is 13.2. The van der Waals surface area contributed by atoms with Gasteiger partial charge in [0.25, 0.3) is 0 Å². The second-order valence-corrected chi connectivity index (χ2v) is 16.4. The van der Waals surface area contributed by atoms with Crippen molar-refractivity contribution in [3.8, 4) is 0 Å². The Kier molecular flexibility index (Phi) is 8.40. The third-order valence-electron chi connectivity index (χ3n) is 7.16. The van der Waals surface area contributed by atoms with Crippen molar-refractivity contribution in [2.45, 2.75) is 91.0 Å². The van der Waals surface area contributed by atoms with Crippen molar-refractivity contribution in [1.82, 2.24) is 19.9 Å². The largest absolute Gasteiger partial charge is 0.443 e. The van der Waals surface area contributed by atoms with Crippen LogP contribution in [0.25, 0.3) is 5.65 Å². The molecule has 218 valence electrons. The highest BCUT2D eigenvalue weighted by Gasteiger charge is 2.30. The number of hydrogen-bond donors (Lipinski definition) is 2. The van der Waals surface area contributed by atoms with Crippen LogP contribution >= 0.6 is 7.14 Å². The monoisotopic (exact) mass is 568 g/mol. The Morgan fingerprint density at radius 2 is 2.00 bits per heavy atom. The van der Waals surface area contributed by atoms with Gasteiger partial charge in [0.1, 0.15) is 24.4 Å². The number of aromatic nitrogens is 3. The molecule has 1 fully saturated rings. The molecule has 2 aromatic heterocycles. The van der Waals surface area contributed by atoms with E-state index < -0.39 is 18.8 Å². The van der Waals surface area contributed by atoms with Crippen molar-refractivity contribution in [3.63, 3.8) is 0 Å². The van der Waals surface area contributed by atoms with Crippen LogP contribution in [0, 0.1) is 0 Å². The number of rotatable bonds is 7. The highest BCUT2D eigenvalue weighted by atomic mass is 31.2. The zero-order chi connectivity index (χ0) is 29.5. The fraction of sp³-hybridized carbons (Fsp3) is 0.567. The molecule has 10 heteroatoms.